The van der Waals surface area contributed by atoms with E-state index in [1.165, 1.54) is 26.7 Å². The zero-order valence-corrected chi connectivity index (χ0v) is 18.1. The van der Waals surface area contributed by atoms with E-state index in [1.54, 1.807) is 25.3 Å². The van der Waals surface area contributed by atoms with Gasteiger partial charge in [0, 0.05) is 11.1 Å². The topological polar surface area (TPSA) is 84.1 Å². The van der Waals surface area contributed by atoms with Gasteiger partial charge in [-0.2, -0.15) is 0 Å². The number of para-hydroxylation sites is 1. The van der Waals surface area contributed by atoms with Crippen LogP contribution < -0.4 is 45.8 Å². The first-order valence-electron chi connectivity index (χ1n) is 8.30. The fraction of sp³-hybridized carbons (Fsp3) is 0.105. The number of thiazole rings is 1. The van der Waals surface area contributed by atoms with E-state index in [0.717, 1.165) is 10.2 Å². The predicted molar refractivity (Wildman–Crippen MR) is 103 cm³/mol. The van der Waals surface area contributed by atoms with Crippen LogP contribution >= 0.6 is 11.3 Å². The van der Waals surface area contributed by atoms with Crippen molar-refractivity contribution in [2.24, 2.45) is 0 Å². The fourth-order valence-electron chi connectivity index (χ4n) is 3.19. The van der Waals surface area contributed by atoms with Crippen molar-refractivity contribution in [3.63, 3.8) is 0 Å². The van der Waals surface area contributed by atoms with Gasteiger partial charge in [-0.3, -0.25) is 9.59 Å². The molecule has 0 atom stereocenters. The van der Waals surface area contributed by atoms with Gasteiger partial charge in [-0.25, -0.2) is 4.98 Å². The van der Waals surface area contributed by atoms with E-state index in [9.17, 15) is 9.59 Å². The zero-order chi connectivity index (χ0) is 18.5. The Morgan fingerprint density at radius 3 is 2.75 bits per heavy atom. The van der Waals surface area contributed by atoms with Crippen molar-refractivity contribution in [1.82, 2.24) is 19.3 Å². The molecule has 5 rings (SSSR count). The van der Waals surface area contributed by atoms with Crippen molar-refractivity contribution in [3.05, 3.63) is 80.9 Å². The summed E-state index contributed by atoms with van der Waals surface area (Å²) in [6, 6.07) is 12.6. The molecule has 28 heavy (non-hydrogen) atoms. The second-order valence-electron chi connectivity index (χ2n) is 6.17. The first-order valence-corrected chi connectivity index (χ1v) is 9.12. The molecule has 4 heterocycles. The van der Waals surface area contributed by atoms with Gasteiger partial charge in [0.25, 0.3) is 0 Å². The van der Waals surface area contributed by atoms with Gasteiger partial charge >= 0.3 is 29.6 Å². The van der Waals surface area contributed by atoms with Crippen molar-refractivity contribution in [2.75, 3.05) is 0 Å². The molecule has 0 unspecified atom stereocenters. The van der Waals surface area contributed by atoms with Crippen LogP contribution in [0.2, 0.25) is 0 Å². The van der Waals surface area contributed by atoms with Crippen LogP contribution in [0.25, 0.3) is 26.3 Å². The molecule has 5 aromatic rings. The average Bonchev–Trinajstić information content (AvgIpc) is 3.37. The summed E-state index contributed by atoms with van der Waals surface area (Å²) in [4.78, 5) is 30.0. The Bertz CT molecular complexity index is 1380. The molecule has 0 aliphatic carbocycles. The van der Waals surface area contributed by atoms with E-state index in [-0.39, 0.29) is 47.2 Å². The van der Waals surface area contributed by atoms with Gasteiger partial charge in [-0.15, -0.1) is 5.52 Å². The van der Waals surface area contributed by atoms with Crippen LogP contribution in [-0.2, 0) is 6.54 Å². The van der Waals surface area contributed by atoms with Gasteiger partial charge in [-0.1, -0.05) is 23.5 Å². The van der Waals surface area contributed by atoms with Crippen LogP contribution in [0.15, 0.2) is 62.7 Å². The van der Waals surface area contributed by atoms with Crippen LogP contribution in [0, 0.1) is 6.92 Å². The van der Waals surface area contributed by atoms with Gasteiger partial charge < -0.3 is 18.8 Å². The number of pyridine rings is 1. The van der Waals surface area contributed by atoms with E-state index in [0.29, 0.717) is 27.5 Å². The quantitative estimate of drug-likeness (QED) is 0.388. The molecule has 0 saturated carbocycles. The average molecular weight is 400 g/mol. The molecule has 1 aromatic carbocycles. The van der Waals surface area contributed by atoms with Crippen LogP contribution in [-0.4, -0.2) is 14.2 Å². The van der Waals surface area contributed by atoms with Crippen LogP contribution in [0.5, 0.6) is 0 Å². The molecule has 0 aliphatic heterocycles. The van der Waals surface area contributed by atoms with E-state index < -0.39 is 0 Å². The summed E-state index contributed by atoms with van der Waals surface area (Å²) in [5.41, 5.74) is 1.23. The number of hydrogen-bond acceptors (Lipinski definition) is 5. The van der Waals surface area contributed by atoms with Crippen molar-refractivity contribution in [3.8, 4) is 5.13 Å². The van der Waals surface area contributed by atoms with E-state index in [1.807, 2.05) is 24.3 Å². The number of hydrogen-bond donors (Lipinski definition) is 0. The molecule has 0 radical (unpaired) electrons. The minimum absolute atomic E-state index is 0. The third-order valence-corrected chi connectivity index (χ3v) is 5.53. The number of fused-ring (bicyclic) bond motifs is 2. The van der Waals surface area contributed by atoms with Crippen molar-refractivity contribution < 1.29 is 34.0 Å². The Labute approximate surface area is 184 Å². The van der Waals surface area contributed by atoms with Crippen molar-refractivity contribution >= 4 is 32.5 Å². The summed E-state index contributed by atoms with van der Waals surface area (Å²) >= 11 is 1.39. The number of aryl methyl sites for hydroxylation is 1. The molecule has 134 valence electrons. The largest absolute Gasteiger partial charge is 1.00 e. The summed E-state index contributed by atoms with van der Waals surface area (Å²) in [6.07, 6.45) is 1.55. The molecule has 0 bridgehead atoms. The third kappa shape index (κ3) is 2.98. The predicted octanol–water partition coefficient (Wildman–Crippen LogP) is -0.327. The monoisotopic (exact) mass is 400 g/mol. The molecule has 0 amide bonds. The van der Waals surface area contributed by atoms with Crippen LogP contribution in [0.3, 0.4) is 0 Å². The Balaban J connectivity index is 0.00000192. The first-order chi connectivity index (χ1) is 13.1. The smallest absolute Gasteiger partial charge is 0.585 e. The molecule has 0 aliphatic rings. The summed E-state index contributed by atoms with van der Waals surface area (Å²) in [6.45, 7) is 2.01. The summed E-state index contributed by atoms with van der Waals surface area (Å²) < 4.78 is 9.10. The minimum atomic E-state index is -0.283. The molecule has 0 N–H and O–H groups in total. The Kier molecular flexibility index (Phi) is 4.88. The summed E-state index contributed by atoms with van der Waals surface area (Å²) in [5, 5.41) is 5.26. The zero-order valence-electron chi connectivity index (χ0n) is 15.2. The molecule has 9 heteroatoms. The molecular formula is C19H13N4NaO3S. The molecule has 7 nitrogen and oxygen atoms in total. The second-order valence-corrected chi connectivity index (χ2v) is 7.18. The Hall–Kier alpha value is -2.39. The SMILES string of the molecule is Cc1c2c(=O)n(-c3nc4ccccc4s3)[n-]c2cc(=O)n1Cc1ccco1.[Na+]. The van der Waals surface area contributed by atoms with Gasteiger partial charge in [0.15, 0.2) is 5.13 Å². The van der Waals surface area contributed by atoms with Crippen molar-refractivity contribution in [1.29, 1.82) is 0 Å². The van der Waals surface area contributed by atoms with Crippen LogP contribution in [0.1, 0.15) is 11.5 Å². The van der Waals surface area contributed by atoms with Crippen LogP contribution in [0.4, 0.5) is 0 Å². The van der Waals surface area contributed by atoms with E-state index in [4.69, 9.17) is 4.42 Å². The van der Waals surface area contributed by atoms with E-state index >= 15 is 0 Å². The van der Waals surface area contributed by atoms with Gasteiger partial charge in [0.05, 0.1) is 23.0 Å². The third-order valence-electron chi connectivity index (χ3n) is 4.52. The second kappa shape index (κ2) is 7.21. The minimum Gasteiger partial charge on any atom is -0.585 e. The molecule has 0 saturated heterocycles. The number of furan rings is 1. The number of benzene rings is 1. The number of aromatic nitrogens is 4. The molecule has 0 spiro atoms. The van der Waals surface area contributed by atoms with E-state index in [2.05, 4.69) is 10.1 Å². The summed E-state index contributed by atoms with van der Waals surface area (Å²) in [7, 11) is 0. The molecular weight excluding hydrogens is 387 g/mol. The van der Waals surface area contributed by atoms with Gasteiger partial charge in [0.1, 0.15) is 5.76 Å². The maximum atomic E-state index is 13.0. The summed E-state index contributed by atoms with van der Waals surface area (Å²) in [5.74, 6) is 0.644. The first kappa shape index (κ1) is 18.9. The number of rotatable bonds is 3. The number of nitrogens with zero attached hydrogens (tertiary/aromatic N) is 4. The van der Waals surface area contributed by atoms with Crippen molar-refractivity contribution in [2.45, 2.75) is 13.5 Å². The van der Waals surface area contributed by atoms with Gasteiger partial charge in [-0.05, 0) is 37.3 Å². The molecule has 4 aromatic heterocycles. The fourth-order valence-corrected chi connectivity index (χ4v) is 4.11. The Morgan fingerprint density at radius 1 is 1.18 bits per heavy atom. The van der Waals surface area contributed by atoms with Gasteiger partial charge in [0.2, 0.25) is 11.1 Å². The molecule has 0 fully saturated rings. The Morgan fingerprint density at radius 2 is 2.00 bits per heavy atom. The maximum Gasteiger partial charge on any atom is 1.00 e. The normalized spacial score (nSPS) is 11.2. The standard InChI is InChI=1S/C19H14N4O3S.Na/c1-11-17-14(9-16(24)22(11)10-12-5-4-8-26-12)21-23(18(17)25)19-20-13-6-2-3-7-15(13)27-19;/h2-9H,10H2,1H3,(H,21,24);/q;+1/p-1. The maximum absolute atomic E-state index is 13.0.